The normalized spacial score (nSPS) is 10.8. The Labute approximate surface area is 179 Å². The van der Waals surface area contributed by atoms with Gasteiger partial charge in [-0.2, -0.15) is 0 Å². The summed E-state index contributed by atoms with van der Waals surface area (Å²) >= 11 is 5.06. The number of benzene rings is 3. The lowest BCUT2D eigenvalue weighted by molar-refractivity contribution is 0.0686. The van der Waals surface area contributed by atoms with Gasteiger partial charge in [0.2, 0.25) is 0 Å². The molecule has 150 valence electrons. The number of nitrogens with zero attached hydrogens (tertiary/aromatic N) is 1. The molecule has 0 amide bonds. The molecule has 0 saturated heterocycles. The van der Waals surface area contributed by atoms with Gasteiger partial charge in [0.25, 0.3) is 0 Å². The van der Waals surface area contributed by atoms with Gasteiger partial charge in [0.05, 0.1) is 5.52 Å². The molecule has 0 spiro atoms. The Morgan fingerprint density at radius 3 is 2.43 bits per heavy atom. The fraction of sp³-hybridized carbons (Fsp3) is 0.0833. The number of carbonyl (C=O) groups is 1. The number of aromatic carboxylic acids is 1. The van der Waals surface area contributed by atoms with Crippen molar-refractivity contribution in [2.75, 3.05) is 0 Å². The molecule has 4 rings (SSSR count). The maximum absolute atomic E-state index is 11.9. The minimum Gasteiger partial charge on any atom is -0.488 e. The van der Waals surface area contributed by atoms with E-state index in [1.54, 1.807) is 10.6 Å². The van der Waals surface area contributed by atoms with Gasteiger partial charge in [-0.1, -0.05) is 66.8 Å². The standard InChI is InChI=1S/C24H20N2O3S/c25-23(30)18-9-4-8-17(12-18)14-26-20-10-5-11-22(19(20)13-21(26)24(27)28)29-15-16-6-2-1-3-7-16/h1-13H,14-15H2,(H2,25,30)(H,27,28). The molecular weight excluding hydrogens is 396 g/mol. The molecule has 5 nitrogen and oxygen atoms in total. The lowest BCUT2D eigenvalue weighted by Crippen LogP contribution is -2.12. The number of fused-ring (bicyclic) bond motifs is 1. The van der Waals surface area contributed by atoms with E-state index in [-0.39, 0.29) is 5.69 Å². The van der Waals surface area contributed by atoms with Crippen LogP contribution in [0.2, 0.25) is 0 Å². The maximum Gasteiger partial charge on any atom is 0.352 e. The molecule has 3 aromatic carbocycles. The molecule has 0 unspecified atom stereocenters. The monoisotopic (exact) mass is 416 g/mol. The smallest absolute Gasteiger partial charge is 0.352 e. The van der Waals surface area contributed by atoms with Gasteiger partial charge in [0, 0.05) is 17.5 Å². The highest BCUT2D eigenvalue weighted by atomic mass is 32.1. The Bertz CT molecular complexity index is 1230. The highest BCUT2D eigenvalue weighted by Gasteiger charge is 2.18. The third-order valence-electron chi connectivity index (χ3n) is 4.91. The largest absolute Gasteiger partial charge is 0.488 e. The maximum atomic E-state index is 11.9. The fourth-order valence-electron chi connectivity index (χ4n) is 3.47. The SMILES string of the molecule is NC(=S)c1cccc(Cn2c(C(=O)O)cc3c(OCc4ccccc4)cccc32)c1. The Balaban J connectivity index is 1.72. The van der Waals surface area contributed by atoms with E-state index >= 15 is 0 Å². The van der Waals surface area contributed by atoms with Crippen molar-refractivity contribution < 1.29 is 14.6 Å². The van der Waals surface area contributed by atoms with Crippen LogP contribution in [-0.2, 0) is 13.2 Å². The summed E-state index contributed by atoms with van der Waals surface area (Å²) in [5.74, 6) is -0.347. The number of carboxylic acids is 1. The van der Waals surface area contributed by atoms with Gasteiger partial charge >= 0.3 is 5.97 Å². The topological polar surface area (TPSA) is 77.5 Å². The van der Waals surface area contributed by atoms with Gasteiger partial charge in [0.1, 0.15) is 23.0 Å². The van der Waals surface area contributed by atoms with E-state index in [0.29, 0.717) is 23.9 Å². The number of nitrogens with two attached hydrogens (primary N) is 1. The second kappa shape index (κ2) is 8.39. The molecule has 0 aliphatic heterocycles. The molecule has 0 fully saturated rings. The Morgan fingerprint density at radius 2 is 1.70 bits per heavy atom. The van der Waals surface area contributed by atoms with Gasteiger partial charge in [-0.25, -0.2) is 4.79 Å². The summed E-state index contributed by atoms with van der Waals surface area (Å²) in [4.78, 5) is 12.3. The number of carboxylic acid groups (broad SMARTS) is 1. The quantitative estimate of drug-likeness (QED) is 0.431. The van der Waals surface area contributed by atoms with Crippen molar-refractivity contribution in [1.82, 2.24) is 4.57 Å². The summed E-state index contributed by atoms with van der Waals surface area (Å²) in [7, 11) is 0. The minimum atomic E-state index is -0.995. The average molecular weight is 417 g/mol. The predicted molar refractivity (Wildman–Crippen MR) is 121 cm³/mol. The second-order valence-electron chi connectivity index (χ2n) is 6.95. The summed E-state index contributed by atoms with van der Waals surface area (Å²) in [6, 6.07) is 24.7. The van der Waals surface area contributed by atoms with E-state index in [9.17, 15) is 9.90 Å². The molecule has 1 aromatic heterocycles. The van der Waals surface area contributed by atoms with Gasteiger partial charge in [-0.15, -0.1) is 0 Å². The highest BCUT2D eigenvalue weighted by Crippen LogP contribution is 2.30. The molecule has 30 heavy (non-hydrogen) atoms. The molecule has 0 aliphatic rings. The first-order valence-corrected chi connectivity index (χ1v) is 9.85. The number of hydrogen-bond donors (Lipinski definition) is 2. The molecule has 1 heterocycles. The van der Waals surface area contributed by atoms with Gasteiger partial charge in [-0.3, -0.25) is 0 Å². The lowest BCUT2D eigenvalue weighted by atomic mass is 10.1. The molecule has 0 saturated carbocycles. The first-order valence-electron chi connectivity index (χ1n) is 9.44. The van der Waals surface area contributed by atoms with Crippen LogP contribution in [0, 0.1) is 0 Å². The second-order valence-corrected chi connectivity index (χ2v) is 7.39. The fourth-order valence-corrected chi connectivity index (χ4v) is 3.60. The first kappa shape index (κ1) is 19.7. The predicted octanol–water partition coefficient (Wildman–Crippen LogP) is 4.60. The number of aromatic nitrogens is 1. The Kier molecular flexibility index (Phi) is 5.50. The van der Waals surface area contributed by atoms with Crippen LogP contribution in [0.3, 0.4) is 0 Å². The van der Waals surface area contributed by atoms with E-state index in [2.05, 4.69) is 0 Å². The number of ether oxygens (including phenoxy) is 1. The molecule has 0 aliphatic carbocycles. The van der Waals surface area contributed by atoms with Crippen LogP contribution in [-0.4, -0.2) is 20.6 Å². The van der Waals surface area contributed by atoms with Crippen LogP contribution >= 0.6 is 12.2 Å². The van der Waals surface area contributed by atoms with E-state index < -0.39 is 5.97 Å². The third kappa shape index (κ3) is 4.04. The van der Waals surface area contributed by atoms with Crippen LogP contribution in [0.4, 0.5) is 0 Å². The van der Waals surface area contributed by atoms with Crippen LogP contribution in [0.15, 0.2) is 78.9 Å². The minimum absolute atomic E-state index is 0.196. The van der Waals surface area contributed by atoms with E-state index in [0.717, 1.165) is 27.6 Å². The summed E-state index contributed by atoms with van der Waals surface area (Å²) in [6.45, 7) is 0.785. The van der Waals surface area contributed by atoms with E-state index in [1.165, 1.54) is 0 Å². The van der Waals surface area contributed by atoms with E-state index in [1.807, 2.05) is 72.8 Å². The van der Waals surface area contributed by atoms with E-state index in [4.69, 9.17) is 22.7 Å². The van der Waals surface area contributed by atoms with Crippen LogP contribution in [0.5, 0.6) is 5.75 Å². The number of hydrogen-bond acceptors (Lipinski definition) is 3. The molecule has 0 radical (unpaired) electrons. The zero-order valence-electron chi connectivity index (χ0n) is 16.1. The van der Waals surface area contributed by atoms with Crippen LogP contribution in [0.1, 0.15) is 27.2 Å². The summed E-state index contributed by atoms with van der Waals surface area (Å²) in [5, 5.41) is 10.5. The van der Waals surface area contributed by atoms with Crippen molar-refractivity contribution >= 4 is 34.1 Å². The highest BCUT2D eigenvalue weighted by molar-refractivity contribution is 7.80. The number of rotatable bonds is 7. The molecule has 0 atom stereocenters. The number of thiocarbonyl (C=S) groups is 1. The third-order valence-corrected chi connectivity index (χ3v) is 5.15. The molecule has 0 bridgehead atoms. The summed E-state index contributed by atoms with van der Waals surface area (Å²) < 4.78 is 7.78. The van der Waals surface area contributed by atoms with Crippen molar-refractivity contribution in [2.45, 2.75) is 13.2 Å². The van der Waals surface area contributed by atoms with Crippen LogP contribution in [0.25, 0.3) is 10.9 Å². The Hall–Kier alpha value is -3.64. The summed E-state index contributed by atoms with van der Waals surface area (Å²) in [5.41, 5.74) is 9.44. The first-order chi connectivity index (χ1) is 14.5. The molecule has 3 N–H and O–H groups in total. The zero-order chi connectivity index (χ0) is 21.1. The molecular formula is C24H20N2O3S. The molecule has 6 heteroatoms. The van der Waals surface area contributed by atoms with Gasteiger partial charge in [-0.05, 0) is 35.4 Å². The lowest BCUT2D eigenvalue weighted by Gasteiger charge is -2.11. The summed E-state index contributed by atoms with van der Waals surface area (Å²) in [6.07, 6.45) is 0. The Morgan fingerprint density at radius 1 is 0.967 bits per heavy atom. The van der Waals surface area contributed by atoms with Crippen molar-refractivity contribution in [3.8, 4) is 5.75 Å². The van der Waals surface area contributed by atoms with Gasteiger partial charge < -0.3 is 20.1 Å². The van der Waals surface area contributed by atoms with Crippen LogP contribution < -0.4 is 10.5 Å². The zero-order valence-corrected chi connectivity index (χ0v) is 16.9. The van der Waals surface area contributed by atoms with Crippen molar-refractivity contribution in [3.05, 3.63) is 101 Å². The van der Waals surface area contributed by atoms with Crippen molar-refractivity contribution in [1.29, 1.82) is 0 Å². The van der Waals surface area contributed by atoms with Crippen molar-refractivity contribution in [3.63, 3.8) is 0 Å². The van der Waals surface area contributed by atoms with Crippen molar-refractivity contribution in [2.24, 2.45) is 5.73 Å². The average Bonchev–Trinajstić information content (AvgIpc) is 3.12. The van der Waals surface area contributed by atoms with Gasteiger partial charge in [0.15, 0.2) is 0 Å². The molecule has 4 aromatic rings.